The number of rotatable bonds is 3. The number of nitrogens with zero attached hydrogens (tertiary/aromatic N) is 1. The van der Waals surface area contributed by atoms with Crippen LogP contribution in [0.25, 0.3) is 0 Å². The molecule has 2 unspecified atom stereocenters. The number of anilines is 1. The number of carbonyl (C=O) groups excluding carboxylic acids is 2. The predicted molar refractivity (Wildman–Crippen MR) is 90.7 cm³/mol. The van der Waals surface area contributed by atoms with E-state index in [9.17, 15) is 9.59 Å². The third-order valence-electron chi connectivity index (χ3n) is 3.71. The summed E-state index contributed by atoms with van der Waals surface area (Å²) in [6, 6.07) is 5.03. The van der Waals surface area contributed by atoms with E-state index < -0.39 is 0 Å². The van der Waals surface area contributed by atoms with Gasteiger partial charge in [0.2, 0.25) is 5.91 Å². The molecule has 2 rings (SSSR count). The predicted octanol–water partition coefficient (Wildman–Crippen LogP) is 2.53. The van der Waals surface area contributed by atoms with E-state index >= 15 is 0 Å². The number of carbonyl (C=O) groups is 2. The third kappa shape index (κ3) is 4.35. The van der Waals surface area contributed by atoms with Crippen molar-refractivity contribution in [2.75, 3.05) is 19.4 Å². The van der Waals surface area contributed by atoms with Crippen LogP contribution in [0.1, 0.15) is 29.6 Å². The van der Waals surface area contributed by atoms with E-state index in [1.807, 2.05) is 0 Å². The molecular formula is C15H21Cl2N3O2. The second-order valence-corrected chi connectivity index (χ2v) is 6.06. The first kappa shape index (κ1) is 18.7. The van der Waals surface area contributed by atoms with Crippen molar-refractivity contribution in [3.8, 4) is 0 Å². The summed E-state index contributed by atoms with van der Waals surface area (Å²) < 4.78 is 0. The molecule has 2 amide bonds. The van der Waals surface area contributed by atoms with Gasteiger partial charge in [-0.3, -0.25) is 9.59 Å². The Morgan fingerprint density at radius 3 is 2.55 bits per heavy atom. The summed E-state index contributed by atoms with van der Waals surface area (Å²) in [7, 11) is 3.31. The first-order valence-corrected chi connectivity index (χ1v) is 7.34. The van der Waals surface area contributed by atoms with Gasteiger partial charge in [-0.15, -0.1) is 12.4 Å². The van der Waals surface area contributed by atoms with Crippen LogP contribution in [0.4, 0.5) is 5.69 Å². The van der Waals surface area contributed by atoms with Gasteiger partial charge in [-0.25, -0.2) is 0 Å². The fraction of sp³-hybridized carbons (Fsp3) is 0.467. The Hall–Kier alpha value is -1.30. The van der Waals surface area contributed by atoms with E-state index in [-0.39, 0.29) is 36.2 Å². The standard InChI is InChI=1S/C15H20ClN3O2.ClH/c1-19(2)15(21)12-8-11(5-6-13(12)16)18-14(20)9-3-4-10(17)7-9;/h5-6,8-10H,3-4,7,17H2,1-2H3,(H,18,20);1H. The number of hydrogen-bond acceptors (Lipinski definition) is 3. The van der Waals surface area contributed by atoms with Crippen LogP contribution < -0.4 is 11.1 Å². The topological polar surface area (TPSA) is 75.4 Å². The quantitative estimate of drug-likeness (QED) is 0.883. The van der Waals surface area contributed by atoms with Crippen molar-refractivity contribution < 1.29 is 9.59 Å². The summed E-state index contributed by atoms with van der Waals surface area (Å²) in [6.07, 6.45) is 2.40. The molecule has 1 saturated carbocycles. The molecule has 0 aliphatic heterocycles. The van der Waals surface area contributed by atoms with E-state index in [1.165, 1.54) is 4.90 Å². The van der Waals surface area contributed by atoms with Crippen molar-refractivity contribution in [1.29, 1.82) is 0 Å². The first-order chi connectivity index (χ1) is 9.88. The molecule has 0 aromatic heterocycles. The zero-order valence-corrected chi connectivity index (χ0v) is 14.2. The van der Waals surface area contributed by atoms with Crippen molar-refractivity contribution in [1.82, 2.24) is 4.90 Å². The second-order valence-electron chi connectivity index (χ2n) is 5.65. The molecule has 0 spiro atoms. The fourth-order valence-electron chi connectivity index (χ4n) is 2.51. The van der Waals surface area contributed by atoms with Crippen LogP contribution in [0.5, 0.6) is 0 Å². The summed E-state index contributed by atoms with van der Waals surface area (Å²) in [6.45, 7) is 0. The van der Waals surface area contributed by atoms with Crippen LogP contribution in [-0.2, 0) is 4.79 Å². The Kier molecular flexibility index (Phi) is 6.66. The van der Waals surface area contributed by atoms with E-state index in [0.29, 0.717) is 22.7 Å². The molecule has 7 heteroatoms. The van der Waals surface area contributed by atoms with Crippen molar-refractivity contribution in [2.45, 2.75) is 25.3 Å². The van der Waals surface area contributed by atoms with E-state index in [4.69, 9.17) is 17.3 Å². The lowest BCUT2D eigenvalue weighted by Gasteiger charge is -2.14. The molecule has 0 heterocycles. The fourth-order valence-corrected chi connectivity index (χ4v) is 2.71. The molecule has 1 fully saturated rings. The van der Waals surface area contributed by atoms with Crippen molar-refractivity contribution >= 4 is 41.5 Å². The lowest BCUT2D eigenvalue weighted by molar-refractivity contribution is -0.119. The van der Waals surface area contributed by atoms with Gasteiger partial charge in [0, 0.05) is 31.7 Å². The Bertz CT molecular complexity index is 564. The Balaban J connectivity index is 0.00000242. The molecule has 5 nitrogen and oxygen atoms in total. The van der Waals surface area contributed by atoms with Gasteiger partial charge in [0.15, 0.2) is 0 Å². The summed E-state index contributed by atoms with van der Waals surface area (Å²) in [5.74, 6) is -0.295. The maximum Gasteiger partial charge on any atom is 0.254 e. The monoisotopic (exact) mass is 345 g/mol. The van der Waals surface area contributed by atoms with Crippen LogP contribution in [0, 0.1) is 5.92 Å². The molecule has 1 aliphatic rings. The van der Waals surface area contributed by atoms with Crippen LogP contribution in [0.15, 0.2) is 18.2 Å². The highest BCUT2D eigenvalue weighted by atomic mass is 35.5. The summed E-state index contributed by atoms with van der Waals surface area (Å²) in [5.41, 5.74) is 6.78. The number of hydrogen-bond donors (Lipinski definition) is 2. The van der Waals surface area contributed by atoms with Gasteiger partial charge in [0.25, 0.3) is 5.91 Å². The lowest BCUT2D eigenvalue weighted by atomic mass is 10.1. The Labute approximate surface area is 141 Å². The lowest BCUT2D eigenvalue weighted by Crippen LogP contribution is -2.24. The minimum absolute atomic E-state index is 0. The summed E-state index contributed by atoms with van der Waals surface area (Å²) in [5, 5.41) is 3.21. The number of nitrogens with two attached hydrogens (primary N) is 1. The van der Waals surface area contributed by atoms with Crippen molar-refractivity contribution in [3.05, 3.63) is 28.8 Å². The molecule has 0 radical (unpaired) electrons. The van der Waals surface area contributed by atoms with Crippen LogP contribution in [0.3, 0.4) is 0 Å². The van der Waals surface area contributed by atoms with Gasteiger partial charge in [-0.2, -0.15) is 0 Å². The molecule has 122 valence electrons. The number of amides is 2. The average Bonchev–Trinajstić information content (AvgIpc) is 2.86. The smallest absolute Gasteiger partial charge is 0.254 e. The number of nitrogens with one attached hydrogen (secondary N) is 1. The zero-order chi connectivity index (χ0) is 15.6. The molecule has 0 bridgehead atoms. The molecule has 22 heavy (non-hydrogen) atoms. The number of halogens is 2. The van der Waals surface area contributed by atoms with E-state index in [1.54, 1.807) is 32.3 Å². The Morgan fingerprint density at radius 2 is 2.00 bits per heavy atom. The highest BCUT2D eigenvalue weighted by Crippen LogP contribution is 2.27. The number of benzene rings is 1. The molecule has 1 aromatic rings. The molecule has 2 atom stereocenters. The largest absolute Gasteiger partial charge is 0.345 e. The van der Waals surface area contributed by atoms with Crippen LogP contribution >= 0.6 is 24.0 Å². The SMILES string of the molecule is CN(C)C(=O)c1cc(NC(=O)C2CCC(N)C2)ccc1Cl.Cl. The molecular weight excluding hydrogens is 325 g/mol. The van der Waals surface area contributed by atoms with Gasteiger partial charge < -0.3 is 16.0 Å². The van der Waals surface area contributed by atoms with Gasteiger partial charge >= 0.3 is 0 Å². The Morgan fingerprint density at radius 1 is 1.32 bits per heavy atom. The normalized spacial score (nSPS) is 20.2. The highest BCUT2D eigenvalue weighted by Gasteiger charge is 2.27. The van der Waals surface area contributed by atoms with Gasteiger partial charge in [0.1, 0.15) is 0 Å². The molecule has 1 aromatic carbocycles. The van der Waals surface area contributed by atoms with E-state index in [0.717, 1.165) is 12.8 Å². The van der Waals surface area contributed by atoms with Crippen LogP contribution in [-0.4, -0.2) is 36.9 Å². The minimum atomic E-state index is -0.195. The molecule has 3 N–H and O–H groups in total. The minimum Gasteiger partial charge on any atom is -0.345 e. The zero-order valence-electron chi connectivity index (χ0n) is 12.6. The average molecular weight is 346 g/mol. The first-order valence-electron chi connectivity index (χ1n) is 6.96. The highest BCUT2D eigenvalue weighted by molar-refractivity contribution is 6.34. The maximum absolute atomic E-state index is 12.2. The van der Waals surface area contributed by atoms with Crippen molar-refractivity contribution in [2.24, 2.45) is 11.7 Å². The maximum atomic E-state index is 12.2. The van der Waals surface area contributed by atoms with Gasteiger partial charge in [-0.05, 0) is 37.5 Å². The van der Waals surface area contributed by atoms with Gasteiger partial charge in [-0.1, -0.05) is 11.6 Å². The van der Waals surface area contributed by atoms with Crippen molar-refractivity contribution in [3.63, 3.8) is 0 Å². The summed E-state index contributed by atoms with van der Waals surface area (Å²) >= 11 is 6.04. The van der Waals surface area contributed by atoms with Gasteiger partial charge in [0.05, 0.1) is 10.6 Å². The summed E-state index contributed by atoms with van der Waals surface area (Å²) in [4.78, 5) is 25.6. The molecule has 1 aliphatic carbocycles. The van der Waals surface area contributed by atoms with Crippen LogP contribution in [0.2, 0.25) is 5.02 Å². The van der Waals surface area contributed by atoms with E-state index in [2.05, 4.69) is 5.32 Å². The third-order valence-corrected chi connectivity index (χ3v) is 4.04. The second kappa shape index (κ2) is 7.81. The molecule has 0 saturated heterocycles.